The minimum Gasteiger partial charge on any atom is -0.456 e. The molecule has 0 aliphatic heterocycles. The first kappa shape index (κ1) is 32.5. The molecule has 0 bridgehead atoms. The molecule has 276 valence electrons. The van der Waals surface area contributed by atoms with Gasteiger partial charge in [0, 0.05) is 55.2 Å². The van der Waals surface area contributed by atoms with Gasteiger partial charge < -0.3 is 4.42 Å². The lowest BCUT2D eigenvalue weighted by Crippen LogP contribution is -2.19. The summed E-state index contributed by atoms with van der Waals surface area (Å²) in [5, 5.41) is 10.4. The highest BCUT2D eigenvalue weighted by Crippen LogP contribution is 2.53. The summed E-state index contributed by atoms with van der Waals surface area (Å²) in [5.74, 6) is 0.654. The average molecular weight is 755 g/mol. The van der Waals surface area contributed by atoms with Gasteiger partial charge in [-0.3, -0.25) is 9.55 Å². The van der Waals surface area contributed by atoms with Crippen molar-refractivity contribution in [3.63, 3.8) is 0 Å². The van der Waals surface area contributed by atoms with Gasteiger partial charge in [0.15, 0.2) is 0 Å². The summed E-state index contributed by atoms with van der Waals surface area (Å²) < 4.78 is 8.62. The summed E-state index contributed by atoms with van der Waals surface area (Å²) in [6.07, 6.45) is 1.88. The van der Waals surface area contributed by atoms with Crippen LogP contribution in [0.4, 0.5) is 0 Å². The molecule has 0 N–H and O–H groups in total. The summed E-state index contributed by atoms with van der Waals surface area (Å²) in [6, 6.07) is 58.7. The fraction of sp³-hybridized carbons (Fsp3) is 0.0556. The van der Waals surface area contributed by atoms with Crippen LogP contribution in [0.2, 0.25) is 0 Å². The Hall–Kier alpha value is -7.63. The Kier molecular flexibility index (Phi) is 6.44. The van der Waals surface area contributed by atoms with Gasteiger partial charge in [0.05, 0.1) is 27.9 Å². The quantitative estimate of drug-likeness (QED) is 0.180. The van der Waals surface area contributed by atoms with Crippen molar-refractivity contribution in [3.05, 3.63) is 181 Å². The highest BCUT2D eigenvalue weighted by atomic mass is 16.3. The lowest BCUT2D eigenvalue weighted by molar-refractivity contribution is 0.633. The molecule has 0 saturated carbocycles. The zero-order chi connectivity index (χ0) is 39.0. The van der Waals surface area contributed by atoms with Gasteiger partial charge >= 0.3 is 0 Å². The van der Waals surface area contributed by atoms with E-state index in [0.717, 1.165) is 83.1 Å². The molecule has 13 rings (SSSR count). The van der Waals surface area contributed by atoms with Gasteiger partial charge in [0.1, 0.15) is 11.2 Å². The molecule has 0 atom stereocenters. The van der Waals surface area contributed by atoms with E-state index in [2.05, 4.69) is 164 Å². The molecule has 59 heavy (non-hydrogen) atoms. The Labute approximate surface area is 338 Å². The Morgan fingerprint density at radius 3 is 1.90 bits per heavy atom. The number of pyridine rings is 1. The molecule has 0 amide bonds. The zero-order valence-electron chi connectivity index (χ0n) is 32.4. The molecule has 0 spiro atoms. The molecule has 1 aliphatic carbocycles. The fourth-order valence-corrected chi connectivity index (χ4v) is 9.85. The Morgan fingerprint density at radius 1 is 0.492 bits per heavy atom. The third-order valence-electron chi connectivity index (χ3n) is 12.7. The molecule has 0 radical (unpaired) electrons. The summed E-state index contributed by atoms with van der Waals surface area (Å²) in [4.78, 5) is 16.2. The highest BCUT2D eigenvalue weighted by molar-refractivity contribution is 6.17. The van der Waals surface area contributed by atoms with Crippen molar-refractivity contribution >= 4 is 76.2 Å². The standard InChI is InChI=1S/C54H34N4O/c1-54(2)44-28-36(38-18-9-15-31-16-10-24-55-50(31)38)20-22-40(44)49-51(37-21-23-48-43(27-37)39-17-7-8-19-47(39)59-48)56-53(57-52(49)54)58-45-29-34-13-5-3-11-32(34)25-41(45)42-26-33-12-4-6-14-35(33)30-46(42)58/h3-30H,1-2H3. The van der Waals surface area contributed by atoms with Crippen LogP contribution < -0.4 is 0 Å². The first-order valence-electron chi connectivity index (χ1n) is 20.2. The van der Waals surface area contributed by atoms with Crippen LogP contribution in [0.25, 0.3) is 116 Å². The monoisotopic (exact) mass is 754 g/mol. The maximum atomic E-state index is 6.32. The fourth-order valence-electron chi connectivity index (χ4n) is 9.85. The van der Waals surface area contributed by atoms with Gasteiger partial charge in [-0.15, -0.1) is 0 Å². The number of aromatic nitrogens is 4. The van der Waals surface area contributed by atoms with E-state index in [1.54, 1.807) is 0 Å². The van der Waals surface area contributed by atoms with E-state index >= 15 is 0 Å². The number of rotatable bonds is 3. The lowest BCUT2D eigenvalue weighted by Gasteiger charge is -2.22. The first-order chi connectivity index (χ1) is 29.0. The Balaban J connectivity index is 1.13. The van der Waals surface area contributed by atoms with E-state index < -0.39 is 5.41 Å². The summed E-state index contributed by atoms with van der Waals surface area (Å²) in [6.45, 7) is 4.62. The number of nitrogens with zero attached hydrogens (tertiary/aromatic N) is 4. The normalized spacial score (nSPS) is 13.4. The van der Waals surface area contributed by atoms with Crippen LogP contribution in [0, 0.1) is 0 Å². The van der Waals surface area contributed by atoms with E-state index in [0.29, 0.717) is 5.95 Å². The molecule has 5 heteroatoms. The van der Waals surface area contributed by atoms with Crippen molar-refractivity contribution < 1.29 is 4.42 Å². The van der Waals surface area contributed by atoms with Crippen LogP contribution in [0.1, 0.15) is 25.1 Å². The molecule has 0 saturated heterocycles. The van der Waals surface area contributed by atoms with Gasteiger partial charge in [-0.1, -0.05) is 117 Å². The molecule has 1 aliphatic rings. The number of benzene rings is 8. The number of hydrogen-bond acceptors (Lipinski definition) is 4. The molecular formula is C54H34N4O. The smallest absolute Gasteiger partial charge is 0.235 e. The van der Waals surface area contributed by atoms with Crippen molar-refractivity contribution in [2.75, 3.05) is 0 Å². The second-order valence-electron chi connectivity index (χ2n) is 16.4. The minimum atomic E-state index is -0.449. The molecule has 12 aromatic rings. The Bertz CT molecular complexity index is 3680. The topological polar surface area (TPSA) is 56.7 Å². The van der Waals surface area contributed by atoms with Crippen LogP contribution >= 0.6 is 0 Å². The van der Waals surface area contributed by atoms with Crippen molar-refractivity contribution in [1.82, 2.24) is 19.5 Å². The van der Waals surface area contributed by atoms with Gasteiger partial charge in [0.25, 0.3) is 0 Å². The average Bonchev–Trinajstić information content (AvgIpc) is 3.88. The van der Waals surface area contributed by atoms with E-state index in [-0.39, 0.29) is 0 Å². The Morgan fingerprint density at radius 2 is 1.14 bits per heavy atom. The van der Waals surface area contributed by atoms with Crippen molar-refractivity contribution in [2.24, 2.45) is 0 Å². The molecule has 0 unspecified atom stereocenters. The van der Waals surface area contributed by atoms with Gasteiger partial charge in [-0.05, 0) is 98.9 Å². The van der Waals surface area contributed by atoms with E-state index in [4.69, 9.17) is 19.4 Å². The largest absolute Gasteiger partial charge is 0.456 e. The molecule has 4 heterocycles. The third-order valence-corrected chi connectivity index (χ3v) is 12.7. The molecule has 4 aromatic heterocycles. The highest BCUT2D eigenvalue weighted by Gasteiger charge is 2.40. The number of para-hydroxylation sites is 2. The van der Waals surface area contributed by atoms with Gasteiger partial charge in [-0.25, -0.2) is 9.97 Å². The zero-order valence-corrected chi connectivity index (χ0v) is 32.4. The van der Waals surface area contributed by atoms with E-state index in [1.165, 1.54) is 37.9 Å². The molecule has 5 nitrogen and oxygen atoms in total. The second-order valence-corrected chi connectivity index (χ2v) is 16.4. The summed E-state index contributed by atoms with van der Waals surface area (Å²) in [7, 11) is 0. The van der Waals surface area contributed by atoms with Crippen molar-refractivity contribution in [1.29, 1.82) is 0 Å². The van der Waals surface area contributed by atoms with Crippen LogP contribution in [-0.2, 0) is 5.41 Å². The SMILES string of the molecule is CC1(C)c2cc(-c3cccc4cccnc34)ccc2-c2c(-c3ccc4oc5ccccc5c4c3)nc(-n3c4cc5ccccc5cc4c4cc5ccccc5cc43)nc21. The van der Waals surface area contributed by atoms with Crippen molar-refractivity contribution in [3.8, 4) is 39.5 Å². The van der Waals surface area contributed by atoms with Gasteiger partial charge in [-0.2, -0.15) is 0 Å². The van der Waals surface area contributed by atoms with Crippen LogP contribution in [0.15, 0.2) is 174 Å². The molecular weight excluding hydrogens is 721 g/mol. The number of fused-ring (bicyclic) bond motifs is 12. The first-order valence-corrected chi connectivity index (χ1v) is 20.2. The minimum absolute atomic E-state index is 0.449. The maximum absolute atomic E-state index is 6.32. The second kappa shape index (κ2) is 11.7. The summed E-state index contributed by atoms with van der Waals surface area (Å²) >= 11 is 0. The van der Waals surface area contributed by atoms with Crippen LogP contribution in [0.3, 0.4) is 0 Å². The molecule has 8 aromatic carbocycles. The van der Waals surface area contributed by atoms with E-state index in [9.17, 15) is 0 Å². The number of furan rings is 1. The maximum Gasteiger partial charge on any atom is 0.235 e. The summed E-state index contributed by atoms with van der Waals surface area (Å²) in [5.41, 5.74) is 13.1. The molecule has 0 fully saturated rings. The van der Waals surface area contributed by atoms with Gasteiger partial charge in [0.2, 0.25) is 5.95 Å². The number of hydrogen-bond donors (Lipinski definition) is 0. The van der Waals surface area contributed by atoms with Crippen molar-refractivity contribution in [2.45, 2.75) is 19.3 Å². The van der Waals surface area contributed by atoms with E-state index in [1.807, 2.05) is 24.4 Å². The van der Waals surface area contributed by atoms with Crippen LogP contribution in [0.5, 0.6) is 0 Å². The lowest BCUT2D eigenvalue weighted by atomic mass is 9.84. The third kappa shape index (κ3) is 4.58. The predicted molar refractivity (Wildman–Crippen MR) is 242 cm³/mol. The van der Waals surface area contributed by atoms with Crippen LogP contribution in [-0.4, -0.2) is 19.5 Å². The predicted octanol–water partition coefficient (Wildman–Crippen LogP) is 14.0.